The molecule has 1 N–H and O–H groups in total. The zero-order valence-corrected chi connectivity index (χ0v) is 14.3. The topological polar surface area (TPSA) is 15.3 Å². The molecule has 0 bridgehead atoms. The van der Waals surface area contributed by atoms with Gasteiger partial charge in [0.25, 0.3) is 0 Å². The molecule has 0 aromatic heterocycles. The molecule has 0 amide bonds. The molecule has 0 radical (unpaired) electrons. The quantitative estimate of drug-likeness (QED) is 0.732. The van der Waals surface area contributed by atoms with Gasteiger partial charge in [-0.25, -0.2) is 5.43 Å². The van der Waals surface area contributed by atoms with Crippen LogP contribution >= 0.6 is 0 Å². The van der Waals surface area contributed by atoms with Crippen molar-refractivity contribution in [3.05, 3.63) is 66.2 Å². The molecule has 1 saturated heterocycles. The Balaban J connectivity index is 1.87. The van der Waals surface area contributed by atoms with Crippen LogP contribution in [0.3, 0.4) is 0 Å². The van der Waals surface area contributed by atoms with E-state index < -0.39 is 0 Å². The number of rotatable bonds is 6. The Labute approximate surface area is 140 Å². The zero-order valence-electron chi connectivity index (χ0n) is 14.3. The zero-order chi connectivity index (χ0) is 16.1. The van der Waals surface area contributed by atoms with E-state index in [4.69, 9.17) is 0 Å². The second-order valence-corrected chi connectivity index (χ2v) is 6.84. The number of para-hydroxylation sites is 1. The van der Waals surface area contributed by atoms with Crippen molar-refractivity contribution in [2.75, 3.05) is 5.01 Å². The number of nitrogens with zero attached hydrogens (tertiary/aromatic N) is 1. The van der Waals surface area contributed by atoms with E-state index in [9.17, 15) is 0 Å². The minimum Gasteiger partial charge on any atom is -0.298 e. The molecule has 1 heterocycles. The first-order valence-corrected chi connectivity index (χ1v) is 8.91. The summed E-state index contributed by atoms with van der Waals surface area (Å²) in [5, 5.41) is 2.39. The van der Waals surface area contributed by atoms with Crippen LogP contribution in [-0.4, -0.2) is 6.04 Å². The summed E-state index contributed by atoms with van der Waals surface area (Å²) in [4.78, 5) is 0. The van der Waals surface area contributed by atoms with Crippen LogP contribution in [0, 0.1) is 0 Å². The van der Waals surface area contributed by atoms with Gasteiger partial charge >= 0.3 is 0 Å². The van der Waals surface area contributed by atoms with E-state index in [2.05, 4.69) is 84.9 Å². The summed E-state index contributed by atoms with van der Waals surface area (Å²) in [5.74, 6) is 0. The average Bonchev–Trinajstić information content (AvgIpc) is 2.95. The van der Waals surface area contributed by atoms with E-state index in [0.717, 1.165) is 6.42 Å². The molecule has 0 spiro atoms. The highest BCUT2D eigenvalue weighted by atomic mass is 15.6. The molecule has 0 saturated carbocycles. The van der Waals surface area contributed by atoms with Gasteiger partial charge in [0.15, 0.2) is 0 Å². The fraction of sp³-hybridized carbons (Fsp3) is 0.429. The van der Waals surface area contributed by atoms with Gasteiger partial charge in [-0.15, -0.1) is 0 Å². The lowest BCUT2D eigenvalue weighted by molar-refractivity contribution is 0.466. The minimum atomic E-state index is -0.000501. The second kappa shape index (κ2) is 7.18. The highest BCUT2D eigenvalue weighted by Crippen LogP contribution is 2.40. The van der Waals surface area contributed by atoms with Crippen LogP contribution in [0.2, 0.25) is 0 Å². The van der Waals surface area contributed by atoms with E-state index in [1.165, 1.54) is 36.9 Å². The molecule has 2 aromatic rings. The molecule has 1 aliphatic rings. The third-order valence-corrected chi connectivity index (χ3v) is 5.02. The van der Waals surface area contributed by atoms with Crippen LogP contribution in [0.4, 0.5) is 5.69 Å². The molecule has 2 aromatic carbocycles. The molecule has 2 atom stereocenters. The predicted molar refractivity (Wildman–Crippen MR) is 98.4 cm³/mol. The molecule has 2 nitrogen and oxygen atoms in total. The van der Waals surface area contributed by atoms with E-state index in [1.54, 1.807) is 0 Å². The lowest BCUT2D eigenvalue weighted by Gasteiger charge is -2.36. The number of benzene rings is 2. The summed E-state index contributed by atoms with van der Waals surface area (Å²) >= 11 is 0. The third-order valence-electron chi connectivity index (χ3n) is 5.02. The minimum absolute atomic E-state index is 0.000501. The molecule has 2 unspecified atom stereocenters. The van der Waals surface area contributed by atoms with Crippen molar-refractivity contribution in [3.63, 3.8) is 0 Å². The van der Waals surface area contributed by atoms with Gasteiger partial charge in [-0.05, 0) is 37.5 Å². The SMILES string of the molecule is CCCCCC1CC(C)(c2ccccc2)N(c2ccccc2)N1. The van der Waals surface area contributed by atoms with Gasteiger partial charge in [-0.1, -0.05) is 74.7 Å². The fourth-order valence-electron chi connectivity index (χ4n) is 3.73. The van der Waals surface area contributed by atoms with Crippen LogP contribution in [0.5, 0.6) is 0 Å². The molecule has 1 fully saturated rings. The Kier molecular flexibility index (Phi) is 5.02. The van der Waals surface area contributed by atoms with E-state index >= 15 is 0 Å². The Morgan fingerprint density at radius 3 is 2.30 bits per heavy atom. The van der Waals surface area contributed by atoms with Crippen LogP contribution in [-0.2, 0) is 5.54 Å². The molecular weight excluding hydrogens is 280 g/mol. The lowest BCUT2D eigenvalue weighted by atomic mass is 9.85. The summed E-state index contributed by atoms with van der Waals surface area (Å²) in [6.45, 7) is 4.63. The van der Waals surface area contributed by atoms with Crippen LogP contribution in [0.1, 0.15) is 51.5 Å². The maximum Gasteiger partial charge on any atom is 0.0799 e. The van der Waals surface area contributed by atoms with Gasteiger partial charge in [0.1, 0.15) is 0 Å². The summed E-state index contributed by atoms with van der Waals surface area (Å²) in [5.41, 5.74) is 6.42. The first-order chi connectivity index (χ1) is 11.2. The van der Waals surface area contributed by atoms with E-state index in [1.807, 2.05) is 0 Å². The number of nitrogens with one attached hydrogen (secondary N) is 1. The van der Waals surface area contributed by atoms with Crippen molar-refractivity contribution in [3.8, 4) is 0 Å². The normalized spacial score (nSPS) is 24.1. The van der Waals surface area contributed by atoms with Crippen molar-refractivity contribution in [2.45, 2.75) is 57.5 Å². The number of anilines is 1. The van der Waals surface area contributed by atoms with Crippen LogP contribution in [0.25, 0.3) is 0 Å². The van der Waals surface area contributed by atoms with Crippen molar-refractivity contribution in [1.82, 2.24) is 5.43 Å². The number of hydrogen-bond donors (Lipinski definition) is 1. The maximum absolute atomic E-state index is 3.79. The standard InChI is InChI=1S/C21H28N2/c1-3-4-7-14-19-17-21(2,18-12-8-5-9-13-18)23(22-19)20-15-10-6-11-16-20/h5-6,8-13,15-16,19,22H,3-4,7,14,17H2,1-2H3. The summed E-state index contributed by atoms with van der Waals surface area (Å²) in [7, 11) is 0. The van der Waals surface area contributed by atoms with E-state index in [0.29, 0.717) is 6.04 Å². The van der Waals surface area contributed by atoms with Crippen LogP contribution < -0.4 is 10.4 Å². The average molecular weight is 308 g/mol. The Bertz CT molecular complexity index is 596. The Morgan fingerprint density at radius 2 is 1.65 bits per heavy atom. The molecule has 2 heteroatoms. The van der Waals surface area contributed by atoms with Gasteiger partial charge in [0.2, 0.25) is 0 Å². The number of unbranched alkanes of at least 4 members (excludes halogenated alkanes) is 2. The smallest absolute Gasteiger partial charge is 0.0799 e. The maximum atomic E-state index is 3.79. The summed E-state index contributed by atoms with van der Waals surface area (Å²) < 4.78 is 0. The second-order valence-electron chi connectivity index (χ2n) is 6.84. The Hall–Kier alpha value is -1.80. The largest absolute Gasteiger partial charge is 0.298 e. The summed E-state index contributed by atoms with van der Waals surface area (Å²) in [6, 6.07) is 22.2. The van der Waals surface area contributed by atoms with Crippen molar-refractivity contribution >= 4 is 5.69 Å². The highest BCUT2D eigenvalue weighted by Gasteiger charge is 2.42. The summed E-state index contributed by atoms with van der Waals surface area (Å²) in [6.07, 6.45) is 6.31. The fourth-order valence-corrected chi connectivity index (χ4v) is 3.73. The van der Waals surface area contributed by atoms with Gasteiger partial charge < -0.3 is 0 Å². The van der Waals surface area contributed by atoms with Gasteiger partial charge in [0.05, 0.1) is 11.2 Å². The van der Waals surface area contributed by atoms with Gasteiger partial charge in [-0.2, -0.15) is 0 Å². The lowest BCUT2D eigenvalue weighted by Crippen LogP contribution is -2.45. The first-order valence-electron chi connectivity index (χ1n) is 8.91. The van der Waals surface area contributed by atoms with Crippen molar-refractivity contribution in [1.29, 1.82) is 0 Å². The molecule has 1 aliphatic heterocycles. The van der Waals surface area contributed by atoms with Crippen LogP contribution in [0.15, 0.2) is 60.7 Å². The van der Waals surface area contributed by atoms with Gasteiger partial charge in [0, 0.05) is 6.04 Å². The first kappa shape index (κ1) is 16.1. The molecular formula is C21H28N2. The predicted octanol–water partition coefficient (Wildman–Crippen LogP) is 5.27. The Morgan fingerprint density at radius 1 is 1.00 bits per heavy atom. The monoisotopic (exact) mass is 308 g/mol. The van der Waals surface area contributed by atoms with E-state index in [-0.39, 0.29) is 5.54 Å². The number of hydrazine groups is 1. The molecule has 122 valence electrons. The third kappa shape index (κ3) is 3.42. The molecule has 3 rings (SSSR count). The highest BCUT2D eigenvalue weighted by molar-refractivity contribution is 5.51. The van der Waals surface area contributed by atoms with Gasteiger partial charge in [-0.3, -0.25) is 5.01 Å². The van der Waals surface area contributed by atoms with Crippen molar-refractivity contribution in [2.24, 2.45) is 0 Å². The molecule has 0 aliphatic carbocycles. The van der Waals surface area contributed by atoms with Crippen molar-refractivity contribution < 1.29 is 0 Å². The molecule has 23 heavy (non-hydrogen) atoms. The number of hydrogen-bond acceptors (Lipinski definition) is 2.